The number of benzene rings is 1. The summed E-state index contributed by atoms with van der Waals surface area (Å²) in [5.41, 5.74) is 1.56. The van der Waals surface area contributed by atoms with E-state index in [2.05, 4.69) is 15.9 Å². The van der Waals surface area contributed by atoms with E-state index < -0.39 is 0 Å². The molecule has 0 radical (unpaired) electrons. The summed E-state index contributed by atoms with van der Waals surface area (Å²) in [5.74, 6) is -0.0101. The highest BCUT2D eigenvalue weighted by Gasteiger charge is 2.04. The second-order valence-corrected chi connectivity index (χ2v) is 3.91. The van der Waals surface area contributed by atoms with E-state index in [9.17, 15) is 4.79 Å². The van der Waals surface area contributed by atoms with E-state index in [0.29, 0.717) is 10.6 Å². The van der Waals surface area contributed by atoms with Crippen LogP contribution in [0.3, 0.4) is 0 Å². The molecule has 0 atom stereocenters. The average molecular weight is 274 g/mol. The van der Waals surface area contributed by atoms with E-state index in [1.54, 1.807) is 12.1 Å². The largest absolute Gasteiger partial charge is 0.294 e. The molecule has 0 aliphatic rings. The van der Waals surface area contributed by atoms with Crippen LogP contribution in [0.2, 0.25) is 5.02 Å². The van der Waals surface area contributed by atoms with E-state index in [1.165, 1.54) is 6.92 Å². The van der Waals surface area contributed by atoms with E-state index in [4.69, 9.17) is 11.6 Å². The first-order chi connectivity index (χ1) is 6.65. The molecule has 0 bridgehead atoms. The van der Waals surface area contributed by atoms with Crippen LogP contribution in [-0.4, -0.2) is 11.1 Å². The number of Topliss-reactive ketones (excluding diaryl/α,β-unsaturated/α-hetero) is 1. The Bertz CT molecular complexity index is 372. The normalized spacial score (nSPS) is 10.8. The van der Waals surface area contributed by atoms with Gasteiger partial charge < -0.3 is 0 Å². The highest BCUT2D eigenvalue weighted by molar-refractivity contribution is 9.09. The smallest absolute Gasteiger partial charge is 0.161 e. The molecule has 0 spiro atoms. The molecule has 1 rings (SSSR count). The number of carbonyl (C=O) groups excluding carboxylic acids is 1. The van der Waals surface area contributed by atoms with Gasteiger partial charge in [0.15, 0.2) is 5.78 Å². The molecule has 0 aromatic heterocycles. The van der Waals surface area contributed by atoms with Crippen molar-refractivity contribution < 1.29 is 4.79 Å². The zero-order valence-corrected chi connectivity index (χ0v) is 10.1. The Labute approximate surface area is 96.9 Å². The second kappa shape index (κ2) is 5.32. The number of rotatable bonds is 3. The third kappa shape index (κ3) is 2.96. The maximum absolute atomic E-state index is 11.2. The van der Waals surface area contributed by atoms with Crippen molar-refractivity contribution in [2.75, 3.05) is 5.33 Å². The van der Waals surface area contributed by atoms with Crippen molar-refractivity contribution in [3.05, 3.63) is 40.4 Å². The second-order valence-electron chi connectivity index (χ2n) is 2.85. The molecule has 0 saturated heterocycles. The van der Waals surface area contributed by atoms with Crippen LogP contribution in [0, 0.1) is 0 Å². The van der Waals surface area contributed by atoms with Gasteiger partial charge in [0.25, 0.3) is 0 Å². The minimum atomic E-state index is -0.0101. The van der Waals surface area contributed by atoms with Crippen LogP contribution in [0.4, 0.5) is 0 Å². The quantitative estimate of drug-likeness (QED) is 0.602. The first-order valence-electron chi connectivity index (χ1n) is 4.18. The van der Waals surface area contributed by atoms with E-state index in [0.717, 1.165) is 10.9 Å². The lowest BCUT2D eigenvalue weighted by Gasteiger charge is -2.01. The number of hydrogen-bond acceptors (Lipinski definition) is 1. The molecule has 0 unspecified atom stereocenters. The van der Waals surface area contributed by atoms with Crippen molar-refractivity contribution >= 4 is 39.4 Å². The van der Waals surface area contributed by atoms with Crippen molar-refractivity contribution in [3.63, 3.8) is 0 Å². The average Bonchev–Trinajstić information content (AvgIpc) is 2.16. The van der Waals surface area contributed by atoms with Crippen LogP contribution < -0.4 is 0 Å². The van der Waals surface area contributed by atoms with E-state index >= 15 is 0 Å². The lowest BCUT2D eigenvalue weighted by atomic mass is 10.1. The summed E-state index contributed by atoms with van der Waals surface area (Å²) in [6, 6.07) is 5.42. The molecule has 0 aliphatic heterocycles. The van der Waals surface area contributed by atoms with Crippen molar-refractivity contribution in [1.82, 2.24) is 0 Å². The van der Waals surface area contributed by atoms with Crippen LogP contribution in [-0.2, 0) is 0 Å². The van der Waals surface area contributed by atoms with E-state index in [1.807, 2.05) is 18.2 Å². The van der Waals surface area contributed by atoms with Crippen LogP contribution in [0.15, 0.2) is 24.3 Å². The van der Waals surface area contributed by atoms with Crippen molar-refractivity contribution in [1.29, 1.82) is 0 Å². The number of ketones is 1. The SMILES string of the molecule is CC(=O)c1cc(C=CCBr)ccc1Cl. The summed E-state index contributed by atoms with van der Waals surface area (Å²) >= 11 is 9.16. The van der Waals surface area contributed by atoms with Crippen LogP contribution >= 0.6 is 27.5 Å². The van der Waals surface area contributed by atoms with Gasteiger partial charge in [-0.15, -0.1) is 0 Å². The van der Waals surface area contributed by atoms with Crippen molar-refractivity contribution in [2.45, 2.75) is 6.92 Å². The Hall–Kier alpha value is -0.600. The van der Waals surface area contributed by atoms with Crippen molar-refractivity contribution in [2.24, 2.45) is 0 Å². The van der Waals surface area contributed by atoms with Gasteiger partial charge in [0.05, 0.1) is 5.02 Å². The standard InChI is InChI=1S/C11H10BrClO/c1-8(14)10-7-9(3-2-6-12)4-5-11(10)13/h2-5,7H,6H2,1H3. The maximum Gasteiger partial charge on any atom is 0.161 e. The Morgan fingerprint density at radius 1 is 1.57 bits per heavy atom. The predicted octanol–water partition coefficient (Wildman–Crippen LogP) is 3.95. The zero-order valence-electron chi connectivity index (χ0n) is 7.76. The fourth-order valence-corrected chi connectivity index (χ4v) is 1.53. The number of allylic oxidation sites excluding steroid dienone is 1. The third-order valence-corrected chi connectivity index (χ3v) is 2.47. The predicted molar refractivity (Wildman–Crippen MR) is 64.3 cm³/mol. The lowest BCUT2D eigenvalue weighted by Crippen LogP contribution is -1.93. The molecule has 14 heavy (non-hydrogen) atoms. The molecule has 0 heterocycles. The fraction of sp³-hybridized carbons (Fsp3) is 0.182. The summed E-state index contributed by atoms with van der Waals surface area (Å²) in [4.78, 5) is 11.2. The first kappa shape index (κ1) is 11.5. The lowest BCUT2D eigenvalue weighted by molar-refractivity contribution is 0.101. The first-order valence-corrected chi connectivity index (χ1v) is 5.68. The number of hydrogen-bond donors (Lipinski definition) is 0. The molecule has 3 heteroatoms. The number of halogens is 2. The summed E-state index contributed by atoms with van der Waals surface area (Å²) in [5, 5.41) is 1.30. The van der Waals surface area contributed by atoms with Crippen LogP contribution in [0.1, 0.15) is 22.8 Å². The Morgan fingerprint density at radius 3 is 2.86 bits per heavy atom. The number of carbonyl (C=O) groups is 1. The summed E-state index contributed by atoms with van der Waals surface area (Å²) < 4.78 is 0. The van der Waals surface area contributed by atoms with Crippen LogP contribution in [0.5, 0.6) is 0 Å². The third-order valence-electron chi connectivity index (χ3n) is 1.77. The molecule has 74 valence electrons. The summed E-state index contributed by atoms with van der Waals surface area (Å²) in [6.07, 6.45) is 3.91. The molecule has 0 fully saturated rings. The molecule has 0 saturated carbocycles. The minimum absolute atomic E-state index is 0.0101. The van der Waals surface area contributed by atoms with Crippen molar-refractivity contribution in [3.8, 4) is 0 Å². The minimum Gasteiger partial charge on any atom is -0.294 e. The van der Waals surface area contributed by atoms with Gasteiger partial charge in [0.2, 0.25) is 0 Å². The van der Waals surface area contributed by atoms with E-state index in [-0.39, 0.29) is 5.78 Å². The fourth-order valence-electron chi connectivity index (χ4n) is 1.10. The van der Waals surface area contributed by atoms with Crippen LogP contribution in [0.25, 0.3) is 6.08 Å². The molecule has 0 aliphatic carbocycles. The Morgan fingerprint density at radius 2 is 2.29 bits per heavy atom. The molecular weight excluding hydrogens is 263 g/mol. The van der Waals surface area contributed by atoms with Gasteiger partial charge >= 0.3 is 0 Å². The van der Waals surface area contributed by atoms with Gasteiger partial charge in [-0.25, -0.2) is 0 Å². The molecular formula is C11H10BrClO. The molecule has 0 amide bonds. The number of alkyl halides is 1. The highest BCUT2D eigenvalue weighted by atomic mass is 79.9. The molecule has 1 nitrogen and oxygen atoms in total. The maximum atomic E-state index is 11.2. The highest BCUT2D eigenvalue weighted by Crippen LogP contribution is 2.18. The van der Waals surface area contributed by atoms with Gasteiger partial charge in [-0.2, -0.15) is 0 Å². The summed E-state index contributed by atoms with van der Waals surface area (Å²) in [6.45, 7) is 1.51. The Balaban J connectivity index is 3.06. The van der Waals surface area contributed by atoms with Gasteiger partial charge in [0, 0.05) is 10.9 Å². The van der Waals surface area contributed by atoms with Gasteiger partial charge in [0.1, 0.15) is 0 Å². The molecule has 1 aromatic carbocycles. The van der Waals surface area contributed by atoms with Gasteiger partial charge in [-0.05, 0) is 24.6 Å². The topological polar surface area (TPSA) is 17.1 Å². The Kier molecular flexibility index (Phi) is 4.36. The van der Waals surface area contributed by atoms with Gasteiger partial charge in [-0.1, -0.05) is 45.7 Å². The zero-order chi connectivity index (χ0) is 10.6. The molecule has 1 aromatic rings. The van der Waals surface area contributed by atoms with Gasteiger partial charge in [-0.3, -0.25) is 4.79 Å². The summed E-state index contributed by atoms with van der Waals surface area (Å²) in [7, 11) is 0. The molecule has 0 N–H and O–H groups in total. The monoisotopic (exact) mass is 272 g/mol.